The lowest BCUT2D eigenvalue weighted by molar-refractivity contribution is 0.669. The molecule has 0 atom stereocenters. The molecule has 0 radical (unpaired) electrons. The monoisotopic (exact) mass is 702 g/mol. The third-order valence-corrected chi connectivity index (χ3v) is 10.5. The smallest absolute Gasteiger partial charge is 0.164 e. The predicted octanol–water partition coefficient (Wildman–Crippen LogP) is 13.0. The summed E-state index contributed by atoms with van der Waals surface area (Å²) < 4.78 is 6.60. The summed E-state index contributed by atoms with van der Waals surface area (Å²) in [5.41, 5.74) is 9.57. The lowest BCUT2D eigenvalue weighted by Gasteiger charge is -2.16. The van der Waals surface area contributed by atoms with E-state index in [9.17, 15) is 0 Å². The van der Waals surface area contributed by atoms with E-state index in [1.807, 2.05) is 48.5 Å². The van der Waals surface area contributed by atoms with Gasteiger partial charge >= 0.3 is 0 Å². The topological polar surface area (TPSA) is 64.7 Å². The number of rotatable bonds is 5. The Morgan fingerprint density at radius 2 is 0.927 bits per heavy atom. The molecule has 0 fully saturated rings. The maximum Gasteiger partial charge on any atom is 0.164 e. The molecule has 11 aromatic rings. The number of fused-ring (bicyclic) bond motifs is 7. The molecule has 0 amide bonds. The van der Waals surface area contributed by atoms with Crippen molar-refractivity contribution in [1.29, 1.82) is 0 Å². The minimum atomic E-state index is 0.612. The van der Waals surface area contributed by atoms with Crippen LogP contribution in [0.4, 0.5) is 0 Å². The molecule has 5 heteroatoms. The maximum atomic E-state index is 6.60. The normalized spacial score (nSPS) is 11.6. The van der Waals surface area contributed by atoms with Crippen LogP contribution >= 0.6 is 0 Å². The van der Waals surface area contributed by atoms with E-state index in [2.05, 4.69) is 133 Å². The van der Waals surface area contributed by atoms with Crippen molar-refractivity contribution in [1.82, 2.24) is 19.9 Å². The third-order valence-electron chi connectivity index (χ3n) is 10.5. The molecule has 0 saturated heterocycles. The van der Waals surface area contributed by atoms with Crippen molar-refractivity contribution in [3.05, 3.63) is 182 Å². The zero-order chi connectivity index (χ0) is 36.3. The Hall–Kier alpha value is -7.50. The largest absolute Gasteiger partial charge is 0.456 e. The Bertz CT molecular complexity index is 3240. The molecule has 256 valence electrons. The molecule has 0 saturated carbocycles. The van der Waals surface area contributed by atoms with Crippen LogP contribution in [0, 0.1) is 0 Å². The van der Waals surface area contributed by atoms with Crippen LogP contribution in [0.25, 0.3) is 111 Å². The molecule has 0 bridgehead atoms. The first-order chi connectivity index (χ1) is 27.3. The minimum Gasteiger partial charge on any atom is -0.456 e. The van der Waals surface area contributed by atoms with Crippen molar-refractivity contribution >= 4 is 54.4 Å². The fourth-order valence-corrected chi connectivity index (χ4v) is 7.97. The fourth-order valence-electron chi connectivity index (χ4n) is 7.97. The van der Waals surface area contributed by atoms with Gasteiger partial charge in [-0.2, -0.15) is 0 Å². The van der Waals surface area contributed by atoms with E-state index in [1.54, 1.807) is 0 Å². The molecular formula is C50H30N4O. The first-order valence-corrected chi connectivity index (χ1v) is 18.4. The predicted molar refractivity (Wildman–Crippen MR) is 225 cm³/mol. The van der Waals surface area contributed by atoms with E-state index in [0.717, 1.165) is 93.5 Å². The van der Waals surface area contributed by atoms with Crippen LogP contribution in [-0.4, -0.2) is 19.9 Å². The highest BCUT2D eigenvalue weighted by Gasteiger charge is 2.22. The minimum absolute atomic E-state index is 0.612. The summed E-state index contributed by atoms with van der Waals surface area (Å²) >= 11 is 0. The summed E-state index contributed by atoms with van der Waals surface area (Å²) in [7, 11) is 0. The van der Waals surface area contributed by atoms with Gasteiger partial charge in [-0.25, -0.2) is 19.9 Å². The molecule has 0 aliphatic heterocycles. The van der Waals surface area contributed by atoms with Crippen molar-refractivity contribution in [2.45, 2.75) is 0 Å². The van der Waals surface area contributed by atoms with Gasteiger partial charge in [-0.15, -0.1) is 0 Å². The van der Waals surface area contributed by atoms with Gasteiger partial charge in [-0.1, -0.05) is 164 Å². The van der Waals surface area contributed by atoms with Gasteiger partial charge in [0.2, 0.25) is 0 Å². The van der Waals surface area contributed by atoms with Gasteiger partial charge in [-0.3, -0.25) is 0 Å². The van der Waals surface area contributed by atoms with E-state index < -0.39 is 0 Å². The molecule has 0 unspecified atom stereocenters. The molecule has 0 aliphatic rings. The van der Waals surface area contributed by atoms with Crippen molar-refractivity contribution < 1.29 is 4.42 Å². The quantitative estimate of drug-likeness (QED) is 0.167. The summed E-state index contributed by atoms with van der Waals surface area (Å²) in [5.74, 6) is 1.88. The zero-order valence-electron chi connectivity index (χ0n) is 29.5. The van der Waals surface area contributed by atoms with Gasteiger partial charge in [0.25, 0.3) is 0 Å². The Kier molecular flexibility index (Phi) is 7.10. The highest BCUT2D eigenvalue weighted by atomic mass is 16.3. The summed E-state index contributed by atoms with van der Waals surface area (Å²) in [6.07, 6.45) is 0. The third kappa shape index (κ3) is 5.17. The first-order valence-electron chi connectivity index (χ1n) is 18.4. The number of benzene rings is 8. The maximum absolute atomic E-state index is 6.60. The van der Waals surface area contributed by atoms with Gasteiger partial charge in [0.15, 0.2) is 17.5 Å². The standard InChI is InChI=1S/C50H30N4O/c1-3-15-33(16-4-1)47-40-30-43-46(39-22-10-12-25-42(39)55-43)44(45(40)38-21-9-11-24-41(38)51-47)32-26-28-35(29-27-32)49-52-48(34-17-5-2-6-18-34)53-50(54-49)37-23-13-19-31-14-7-8-20-36(31)37/h1-30H. The van der Waals surface area contributed by atoms with Crippen LogP contribution in [0.3, 0.4) is 0 Å². The Morgan fingerprint density at radius 3 is 1.71 bits per heavy atom. The average molecular weight is 703 g/mol. The lowest BCUT2D eigenvalue weighted by Crippen LogP contribution is -2.00. The second-order valence-electron chi connectivity index (χ2n) is 13.8. The average Bonchev–Trinajstić information content (AvgIpc) is 3.64. The molecule has 55 heavy (non-hydrogen) atoms. The van der Waals surface area contributed by atoms with Crippen LogP contribution in [0.2, 0.25) is 0 Å². The van der Waals surface area contributed by atoms with E-state index >= 15 is 0 Å². The van der Waals surface area contributed by atoms with Gasteiger partial charge < -0.3 is 4.42 Å². The highest BCUT2D eigenvalue weighted by molar-refractivity contribution is 6.27. The summed E-state index contributed by atoms with van der Waals surface area (Å²) in [6, 6.07) is 62.7. The van der Waals surface area contributed by atoms with Gasteiger partial charge in [-0.05, 0) is 34.5 Å². The fraction of sp³-hybridized carbons (Fsp3) is 0. The summed E-state index contributed by atoms with van der Waals surface area (Å²) in [6.45, 7) is 0. The molecule has 0 N–H and O–H groups in total. The van der Waals surface area contributed by atoms with E-state index in [4.69, 9.17) is 24.4 Å². The van der Waals surface area contributed by atoms with Crippen LogP contribution in [0.15, 0.2) is 186 Å². The van der Waals surface area contributed by atoms with E-state index in [1.165, 1.54) is 0 Å². The SMILES string of the molecule is c1ccc(-c2nc(-c3ccc(-c4c5c(cc6c(-c7ccccc7)nc7ccccc7c46)oc4ccccc45)cc3)nc(-c3cccc4ccccc34)n2)cc1. The van der Waals surface area contributed by atoms with Gasteiger partial charge in [0, 0.05) is 54.7 Å². The number of pyridine rings is 1. The molecule has 0 spiro atoms. The number of hydrogen-bond donors (Lipinski definition) is 0. The summed E-state index contributed by atoms with van der Waals surface area (Å²) in [4.78, 5) is 20.5. The molecule has 8 aromatic carbocycles. The van der Waals surface area contributed by atoms with Crippen LogP contribution in [0.5, 0.6) is 0 Å². The van der Waals surface area contributed by atoms with Crippen LogP contribution in [-0.2, 0) is 0 Å². The molecule has 3 aromatic heterocycles. The van der Waals surface area contributed by atoms with Crippen molar-refractivity contribution in [2.75, 3.05) is 0 Å². The first kappa shape index (κ1) is 31.1. The number of furan rings is 1. The Morgan fingerprint density at radius 1 is 0.345 bits per heavy atom. The highest BCUT2D eigenvalue weighted by Crippen LogP contribution is 2.46. The molecule has 5 nitrogen and oxygen atoms in total. The van der Waals surface area contributed by atoms with Crippen LogP contribution < -0.4 is 0 Å². The molecular weight excluding hydrogens is 673 g/mol. The van der Waals surface area contributed by atoms with E-state index in [-0.39, 0.29) is 0 Å². The number of hydrogen-bond acceptors (Lipinski definition) is 5. The summed E-state index contributed by atoms with van der Waals surface area (Å²) in [5, 5.41) is 7.66. The molecule has 0 aliphatic carbocycles. The Labute approximate surface area is 316 Å². The molecule has 11 rings (SSSR count). The molecule has 3 heterocycles. The second-order valence-corrected chi connectivity index (χ2v) is 13.8. The van der Waals surface area contributed by atoms with E-state index in [0.29, 0.717) is 17.5 Å². The van der Waals surface area contributed by atoms with Gasteiger partial charge in [0.05, 0.1) is 11.2 Å². The lowest BCUT2D eigenvalue weighted by atomic mass is 9.89. The van der Waals surface area contributed by atoms with Gasteiger partial charge in [0.1, 0.15) is 11.2 Å². The zero-order valence-corrected chi connectivity index (χ0v) is 29.5. The van der Waals surface area contributed by atoms with Crippen molar-refractivity contribution in [3.8, 4) is 56.5 Å². The number of nitrogens with zero attached hydrogens (tertiary/aromatic N) is 4. The van der Waals surface area contributed by atoms with Crippen molar-refractivity contribution in [3.63, 3.8) is 0 Å². The van der Waals surface area contributed by atoms with Crippen molar-refractivity contribution in [2.24, 2.45) is 0 Å². The second kappa shape index (κ2) is 12.6. The van der Waals surface area contributed by atoms with Crippen LogP contribution in [0.1, 0.15) is 0 Å². The Balaban J connectivity index is 1.16. The number of aromatic nitrogens is 4. The number of para-hydroxylation sites is 2.